The van der Waals surface area contributed by atoms with Gasteiger partial charge in [-0.2, -0.15) is 0 Å². The van der Waals surface area contributed by atoms with Gasteiger partial charge in [0.25, 0.3) is 0 Å². The molecule has 0 aliphatic carbocycles. The fourth-order valence-electron chi connectivity index (χ4n) is 0.999. The van der Waals surface area contributed by atoms with E-state index < -0.39 is 0 Å². The lowest BCUT2D eigenvalue weighted by Crippen LogP contribution is -2.04. The minimum absolute atomic E-state index is 0.836. The molecule has 0 nitrogen and oxygen atoms in total. The smallest absolute Gasteiger partial charge is 0.112 e. The van der Waals surface area contributed by atoms with Crippen LogP contribution in [0.3, 0.4) is 0 Å². The molecule has 1 aliphatic rings. The first kappa shape index (κ1) is 6.81. The predicted octanol–water partition coefficient (Wildman–Crippen LogP) is 1.72. The van der Waals surface area contributed by atoms with Crippen molar-refractivity contribution in [1.29, 1.82) is 0 Å². The van der Waals surface area contributed by atoms with Crippen LogP contribution < -0.4 is 0 Å². The van der Waals surface area contributed by atoms with Crippen molar-refractivity contribution in [2.24, 2.45) is 0 Å². The fraction of sp³-hybridized carbons (Fsp3) is 1.00. The van der Waals surface area contributed by atoms with Gasteiger partial charge in [0, 0.05) is 0 Å². The van der Waals surface area contributed by atoms with E-state index in [1.807, 2.05) is 11.8 Å². The van der Waals surface area contributed by atoms with E-state index in [0.717, 1.165) is 10.9 Å². The second kappa shape index (κ2) is 3.67. The van der Waals surface area contributed by atoms with Crippen molar-refractivity contribution < 1.29 is 0 Å². The Morgan fingerprint density at radius 3 is 2.50 bits per heavy atom. The molecule has 0 bridgehead atoms. The average Bonchev–Trinajstić information content (AvgIpc) is 2.19. The molecule has 0 unspecified atom stereocenters. The summed E-state index contributed by atoms with van der Waals surface area (Å²) in [6.45, 7) is 0. The van der Waals surface area contributed by atoms with Gasteiger partial charge in [-0.15, -0.1) is 11.8 Å². The lowest BCUT2D eigenvalue weighted by Gasteiger charge is -1.93. The minimum Gasteiger partial charge on any atom is -0.112 e. The molecule has 1 saturated heterocycles. The molecule has 0 saturated carbocycles. The topological polar surface area (TPSA) is 0 Å². The maximum absolute atomic E-state index is 2.21. The van der Waals surface area contributed by atoms with Gasteiger partial charge in [0.2, 0.25) is 0 Å². The van der Waals surface area contributed by atoms with Gasteiger partial charge in [-0.3, -0.25) is 0 Å². The first-order valence-electron chi connectivity index (χ1n) is 3.06. The van der Waals surface area contributed by atoms with Crippen LogP contribution in [0.25, 0.3) is 0 Å². The molecule has 0 atom stereocenters. The van der Waals surface area contributed by atoms with Crippen LogP contribution >= 0.6 is 11.8 Å². The standard InChI is InChI=1S/C6H13S2/c1-7-6-8-4-2-3-5-8/h2-6H2,1H3/q+1. The monoisotopic (exact) mass is 149 g/mol. The van der Waals surface area contributed by atoms with Crippen molar-refractivity contribution in [3.05, 3.63) is 0 Å². The fourth-order valence-corrected chi connectivity index (χ4v) is 4.70. The highest BCUT2D eigenvalue weighted by Gasteiger charge is 2.22. The van der Waals surface area contributed by atoms with E-state index in [1.54, 1.807) is 0 Å². The van der Waals surface area contributed by atoms with Crippen molar-refractivity contribution >= 4 is 22.7 Å². The summed E-state index contributed by atoms with van der Waals surface area (Å²) in [5.74, 6) is 3.06. The van der Waals surface area contributed by atoms with Gasteiger partial charge < -0.3 is 0 Å². The van der Waals surface area contributed by atoms with E-state index in [1.165, 1.54) is 29.4 Å². The molecule has 0 radical (unpaired) electrons. The summed E-state index contributed by atoms with van der Waals surface area (Å²) < 4.78 is 0. The first-order chi connectivity index (χ1) is 3.93. The second-order valence-electron chi connectivity index (χ2n) is 2.13. The quantitative estimate of drug-likeness (QED) is 0.539. The van der Waals surface area contributed by atoms with Gasteiger partial charge in [0.05, 0.1) is 0 Å². The second-order valence-corrected chi connectivity index (χ2v) is 5.70. The maximum Gasteiger partial charge on any atom is 0.153 e. The largest absolute Gasteiger partial charge is 0.153 e. The molecule has 48 valence electrons. The Morgan fingerprint density at radius 1 is 1.38 bits per heavy atom. The van der Waals surface area contributed by atoms with E-state index in [4.69, 9.17) is 0 Å². The molecule has 0 aromatic rings. The molecule has 1 fully saturated rings. The highest BCUT2D eigenvalue weighted by atomic mass is 32.2. The van der Waals surface area contributed by atoms with Crippen LogP contribution in [0.1, 0.15) is 12.8 Å². The summed E-state index contributed by atoms with van der Waals surface area (Å²) in [4.78, 5) is 0. The minimum atomic E-state index is 0.836. The Bertz CT molecular complexity index is 57.5. The van der Waals surface area contributed by atoms with Crippen LogP contribution in [-0.2, 0) is 10.9 Å². The van der Waals surface area contributed by atoms with E-state index >= 15 is 0 Å². The Morgan fingerprint density at radius 2 is 2.00 bits per heavy atom. The lowest BCUT2D eigenvalue weighted by atomic mass is 10.4. The van der Waals surface area contributed by atoms with Gasteiger partial charge in [-0.1, -0.05) is 0 Å². The third-order valence-corrected chi connectivity index (χ3v) is 5.41. The summed E-state index contributed by atoms with van der Waals surface area (Å²) in [5, 5.41) is 1.43. The molecule has 0 spiro atoms. The molecule has 0 aromatic heterocycles. The molecule has 1 rings (SSSR count). The number of hydrogen-bond donors (Lipinski definition) is 0. The Balaban J connectivity index is 2.06. The van der Waals surface area contributed by atoms with Crippen LogP contribution in [0.2, 0.25) is 0 Å². The summed E-state index contributed by atoms with van der Waals surface area (Å²) in [7, 11) is 0.836. The summed E-state index contributed by atoms with van der Waals surface area (Å²) >= 11 is 2.01. The molecule has 2 heteroatoms. The SMILES string of the molecule is CSC[S+]1CCCC1. The molecule has 0 aromatic carbocycles. The lowest BCUT2D eigenvalue weighted by molar-refractivity contribution is 0.949. The summed E-state index contributed by atoms with van der Waals surface area (Å²) in [6, 6.07) is 0. The maximum atomic E-state index is 2.21. The van der Waals surface area contributed by atoms with E-state index in [-0.39, 0.29) is 0 Å². The van der Waals surface area contributed by atoms with Gasteiger partial charge in [-0.05, 0) is 30.0 Å². The molecule has 8 heavy (non-hydrogen) atoms. The predicted molar refractivity (Wildman–Crippen MR) is 44.7 cm³/mol. The summed E-state index contributed by atoms with van der Waals surface area (Å²) in [5.41, 5.74) is 0. The molecule has 0 amide bonds. The normalized spacial score (nSPS) is 22.1. The highest BCUT2D eigenvalue weighted by Crippen LogP contribution is 2.16. The molecular formula is C6H13S2+. The summed E-state index contributed by atoms with van der Waals surface area (Å²) in [6.07, 6.45) is 5.22. The first-order valence-corrected chi connectivity index (χ1v) is 6.19. The van der Waals surface area contributed by atoms with Crippen LogP contribution in [0.5, 0.6) is 0 Å². The Labute approximate surface area is 58.8 Å². The van der Waals surface area contributed by atoms with Gasteiger partial charge in [-0.25, -0.2) is 0 Å². The third kappa shape index (κ3) is 1.90. The van der Waals surface area contributed by atoms with Crippen molar-refractivity contribution in [2.75, 3.05) is 22.8 Å². The molecular weight excluding hydrogens is 136 g/mol. The van der Waals surface area contributed by atoms with Gasteiger partial charge >= 0.3 is 0 Å². The zero-order valence-electron chi connectivity index (χ0n) is 5.35. The Kier molecular flexibility index (Phi) is 3.13. The van der Waals surface area contributed by atoms with Crippen molar-refractivity contribution in [3.8, 4) is 0 Å². The highest BCUT2D eigenvalue weighted by molar-refractivity contribution is 8.14. The number of rotatable bonds is 2. The molecule has 1 heterocycles. The van der Waals surface area contributed by atoms with Crippen LogP contribution in [0.4, 0.5) is 0 Å². The van der Waals surface area contributed by atoms with Gasteiger partial charge in [0.15, 0.2) is 5.08 Å². The van der Waals surface area contributed by atoms with Crippen molar-refractivity contribution in [3.63, 3.8) is 0 Å². The zero-order chi connectivity index (χ0) is 5.82. The average molecular weight is 149 g/mol. The van der Waals surface area contributed by atoms with Crippen LogP contribution in [0.15, 0.2) is 0 Å². The molecule has 1 aliphatic heterocycles. The number of thioether (sulfide) groups is 1. The Hall–Kier alpha value is 0.700. The van der Waals surface area contributed by atoms with E-state index in [9.17, 15) is 0 Å². The zero-order valence-corrected chi connectivity index (χ0v) is 6.99. The number of hydrogen-bond acceptors (Lipinski definition) is 1. The van der Waals surface area contributed by atoms with Crippen LogP contribution in [-0.4, -0.2) is 22.8 Å². The van der Waals surface area contributed by atoms with Crippen molar-refractivity contribution in [2.45, 2.75) is 12.8 Å². The third-order valence-electron chi connectivity index (χ3n) is 1.40. The van der Waals surface area contributed by atoms with E-state index in [0.29, 0.717) is 0 Å². The molecule has 0 N–H and O–H groups in total. The van der Waals surface area contributed by atoms with Crippen molar-refractivity contribution in [1.82, 2.24) is 0 Å². The van der Waals surface area contributed by atoms with E-state index in [2.05, 4.69) is 6.26 Å². The van der Waals surface area contributed by atoms with Crippen LogP contribution in [0, 0.1) is 0 Å². The van der Waals surface area contributed by atoms with Gasteiger partial charge in [0.1, 0.15) is 11.5 Å².